The monoisotopic (exact) mass is 218 g/mol. The summed E-state index contributed by atoms with van der Waals surface area (Å²) in [6.07, 6.45) is 0. The van der Waals surface area contributed by atoms with E-state index in [-0.39, 0.29) is 25.8 Å². The van der Waals surface area contributed by atoms with Crippen LogP contribution in [0.1, 0.15) is 0 Å². The topological polar surface area (TPSA) is 64.1 Å². The minimum atomic E-state index is 0. The molecule has 0 saturated carbocycles. The standard InChI is InChI=1S/C4H13N3.In/c5-1-3-7-4-2-6;/h7H,1-6H2;. The van der Waals surface area contributed by atoms with Gasteiger partial charge in [-0.05, 0) is 0 Å². The first-order valence-corrected chi connectivity index (χ1v) is 2.52. The van der Waals surface area contributed by atoms with Gasteiger partial charge < -0.3 is 16.8 Å². The van der Waals surface area contributed by atoms with Gasteiger partial charge in [0.05, 0.1) is 0 Å². The van der Waals surface area contributed by atoms with Crippen LogP contribution in [0.15, 0.2) is 0 Å². The van der Waals surface area contributed by atoms with Crippen molar-refractivity contribution in [3.05, 3.63) is 0 Å². The SMILES string of the molecule is NCCNCCN.[In]. The zero-order valence-electron chi connectivity index (χ0n) is 5.06. The molecule has 4 heteroatoms. The van der Waals surface area contributed by atoms with Crippen LogP contribution in [0.25, 0.3) is 0 Å². The van der Waals surface area contributed by atoms with Gasteiger partial charge in [-0.1, -0.05) is 0 Å². The average molecular weight is 218 g/mol. The first kappa shape index (κ1) is 11.5. The molecular weight excluding hydrogens is 205 g/mol. The maximum Gasteiger partial charge on any atom is 0.00750 e. The Morgan fingerprint density at radius 3 is 1.62 bits per heavy atom. The van der Waals surface area contributed by atoms with Crippen LogP contribution in [0.3, 0.4) is 0 Å². The molecule has 0 saturated heterocycles. The molecule has 0 aliphatic carbocycles. The minimum Gasteiger partial charge on any atom is -0.329 e. The molecule has 0 aliphatic heterocycles. The molecular formula is C4H13InN3. The van der Waals surface area contributed by atoms with Crippen LogP contribution in [-0.2, 0) is 0 Å². The summed E-state index contributed by atoms with van der Waals surface area (Å²) in [5.41, 5.74) is 10.3. The molecule has 0 amide bonds. The molecule has 0 unspecified atom stereocenters. The van der Waals surface area contributed by atoms with Crippen LogP contribution in [0, 0.1) is 0 Å². The molecule has 0 rings (SSSR count). The van der Waals surface area contributed by atoms with E-state index in [9.17, 15) is 0 Å². The second-order valence-electron chi connectivity index (χ2n) is 1.33. The van der Waals surface area contributed by atoms with Crippen molar-refractivity contribution in [3.8, 4) is 0 Å². The fourth-order valence-corrected chi connectivity index (χ4v) is 0.329. The predicted molar refractivity (Wildman–Crippen MR) is 36.7 cm³/mol. The smallest absolute Gasteiger partial charge is 0.00750 e. The van der Waals surface area contributed by atoms with E-state index in [0.717, 1.165) is 13.1 Å². The van der Waals surface area contributed by atoms with Gasteiger partial charge in [-0.15, -0.1) is 0 Å². The molecule has 0 aromatic rings. The number of nitrogens with two attached hydrogens (primary N) is 2. The summed E-state index contributed by atoms with van der Waals surface area (Å²) in [6, 6.07) is 0. The number of hydrogen-bond donors (Lipinski definition) is 3. The number of nitrogens with one attached hydrogen (secondary N) is 1. The molecule has 3 nitrogen and oxygen atoms in total. The maximum atomic E-state index is 5.17. The third-order valence-corrected chi connectivity index (χ3v) is 0.642. The van der Waals surface area contributed by atoms with Crippen LogP contribution in [0.2, 0.25) is 0 Å². The largest absolute Gasteiger partial charge is 0.329 e. The summed E-state index contributed by atoms with van der Waals surface area (Å²) in [5.74, 6) is 0. The summed E-state index contributed by atoms with van der Waals surface area (Å²) in [4.78, 5) is 0. The first-order valence-electron chi connectivity index (χ1n) is 2.52. The van der Waals surface area contributed by atoms with Crippen molar-refractivity contribution in [1.82, 2.24) is 5.32 Å². The second kappa shape index (κ2) is 10.7. The molecule has 0 aromatic carbocycles. The van der Waals surface area contributed by atoms with E-state index in [1.165, 1.54) is 0 Å². The minimum absolute atomic E-state index is 0. The normalized spacial score (nSPS) is 8.25. The van der Waals surface area contributed by atoms with Gasteiger partial charge in [-0.3, -0.25) is 0 Å². The molecule has 0 spiro atoms. The third kappa shape index (κ3) is 9.89. The van der Waals surface area contributed by atoms with Crippen molar-refractivity contribution in [3.63, 3.8) is 0 Å². The summed E-state index contributed by atoms with van der Waals surface area (Å²) in [5, 5.41) is 3.03. The quantitative estimate of drug-likeness (QED) is 0.483. The van der Waals surface area contributed by atoms with Crippen molar-refractivity contribution in [1.29, 1.82) is 0 Å². The van der Waals surface area contributed by atoms with Gasteiger partial charge in [0, 0.05) is 52.0 Å². The maximum absolute atomic E-state index is 5.17. The number of rotatable bonds is 4. The van der Waals surface area contributed by atoms with Crippen molar-refractivity contribution < 1.29 is 0 Å². The van der Waals surface area contributed by atoms with E-state index in [1.807, 2.05) is 0 Å². The molecule has 0 bridgehead atoms. The van der Waals surface area contributed by atoms with Crippen molar-refractivity contribution in [2.75, 3.05) is 26.2 Å². The van der Waals surface area contributed by atoms with Crippen molar-refractivity contribution in [2.24, 2.45) is 11.5 Å². The van der Waals surface area contributed by atoms with Gasteiger partial charge in [0.2, 0.25) is 0 Å². The van der Waals surface area contributed by atoms with Crippen molar-refractivity contribution >= 4 is 25.8 Å². The van der Waals surface area contributed by atoms with Gasteiger partial charge in [0.15, 0.2) is 0 Å². The summed E-state index contributed by atoms with van der Waals surface area (Å²) in [6.45, 7) is 3.13. The van der Waals surface area contributed by atoms with Gasteiger partial charge in [0.1, 0.15) is 0 Å². The first-order chi connectivity index (χ1) is 3.41. The Kier molecular flexibility index (Phi) is 15.4. The van der Waals surface area contributed by atoms with Gasteiger partial charge in [0.25, 0.3) is 0 Å². The van der Waals surface area contributed by atoms with Crippen LogP contribution in [-0.4, -0.2) is 52.0 Å². The molecule has 47 valence electrons. The van der Waals surface area contributed by atoms with E-state index < -0.39 is 0 Å². The van der Waals surface area contributed by atoms with E-state index in [1.54, 1.807) is 0 Å². The second-order valence-corrected chi connectivity index (χ2v) is 1.33. The Balaban J connectivity index is 0. The summed E-state index contributed by atoms with van der Waals surface area (Å²) in [7, 11) is 0. The Morgan fingerprint density at radius 1 is 1.00 bits per heavy atom. The fourth-order valence-electron chi connectivity index (χ4n) is 0.329. The van der Waals surface area contributed by atoms with E-state index in [4.69, 9.17) is 11.5 Å². The third-order valence-electron chi connectivity index (χ3n) is 0.642. The van der Waals surface area contributed by atoms with E-state index in [0.29, 0.717) is 13.1 Å². The van der Waals surface area contributed by atoms with E-state index >= 15 is 0 Å². The Morgan fingerprint density at radius 2 is 1.38 bits per heavy atom. The Hall–Kier alpha value is 0.750. The Bertz CT molecular complexity index is 30.5. The molecule has 0 atom stereocenters. The van der Waals surface area contributed by atoms with Gasteiger partial charge >= 0.3 is 0 Å². The summed E-state index contributed by atoms with van der Waals surface area (Å²) < 4.78 is 0. The van der Waals surface area contributed by atoms with Gasteiger partial charge in [-0.25, -0.2) is 0 Å². The molecule has 3 radical (unpaired) electrons. The molecule has 0 aromatic heterocycles. The van der Waals surface area contributed by atoms with Crippen LogP contribution in [0.5, 0.6) is 0 Å². The van der Waals surface area contributed by atoms with E-state index in [2.05, 4.69) is 5.32 Å². The van der Waals surface area contributed by atoms with Crippen LogP contribution >= 0.6 is 0 Å². The van der Waals surface area contributed by atoms with Crippen LogP contribution in [0.4, 0.5) is 0 Å². The zero-order valence-corrected chi connectivity index (χ0v) is 8.36. The Labute approximate surface area is 69.0 Å². The molecule has 8 heavy (non-hydrogen) atoms. The summed E-state index contributed by atoms with van der Waals surface area (Å²) >= 11 is 0. The molecule has 0 aliphatic rings. The number of hydrogen-bond acceptors (Lipinski definition) is 3. The average Bonchev–Trinajstić information content (AvgIpc) is 1.69. The van der Waals surface area contributed by atoms with Crippen molar-refractivity contribution in [2.45, 2.75) is 0 Å². The molecule has 0 fully saturated rings. The fraction of sp³-hybridized carbons (Fsp3) is 1.00. The molecule has 0 heterocycles. The zero-order chi connectivity index (χ0) is 5.54. The van der Waals surface area contributed by atoms with Gasteiger partial charge in [-0.2, -0.15) is 0 Å². The molecule has 5 N–H and O–H groups in total. The predicted octanol–water partition coefficient (Wildman–Crippen LogP) is -1.89. The van der Waals surface area contributed by atoms with Crippen LogP contribution < -0.4 is 16.8 Å².